The van der Waals surface area contributed by atoms with Crippen molar-refractivity contribution in [2.75, 3.05) is 33.5 Å². The number of halogens is 1. The van der Waals surface area contributed by atoms with E-state index < -0.39 is 11.9 Å². The molecule has 2 N–H and O–H groups in total. The minimum absolute atomic E-state index is 0.0416. The van der Waals surface area contributed by atoms with Crippen molar-refractivity contribution in [3.05, 3.63) is 30.1 Å². The zero-order chi connectivity index (χ0) is 23.7. The Morgan fingerprint density at radius 1 is 1.18 bits per heavy atom. The average Bonchev–Trinajstić information content (AvgIpc) is 2.84. The molecule has 1 saturated heterocycles. The smallest absolute Gasteiger partial charge is 0.305 e. The maximum atomic E-state index is 13.6. The van der Waals surface area contributed by atoms with E-state index in [9.17, 15) is 14.3 Å². The topological polar surface area (TPSA) is 86.3 Å². The molecule has 1 heterocycles. The Bertz CT molecular complexity index is 656. The number of benzene rings is 1. The van der Waals surface area contributed by atoms with Crippen LogP contribution in [0.3, 0.4) is 0 Å². The van der Waals surface area contributed by atoms with Crippen LogP contribution in [0.15, 0.2) is 24.3 Å². The van der Waals surface area contributed by atoms with E-state index >= 15 is 0 Å². The number of carbonyl (C=O) groups is 1. The SMILES string of the molecule is COC(=O)CCCCCCC(COC1CCCCO1)NCCC(O)COc1ccccc1F. The molecule has 3 atom stereocenters. The number of ether oxygens (including phenoxy) is 4. The Morgan fingerprint density at radius 2 is 2.00 bits per heavy atom. The Labute approximate surface area is 196 Å². The van der Waals surface area contributed by atoms with Gasteiger partial charge in [-0.2, -0.15) is 0 Å². The summed E-state index contributed by atoms with van der Waals surface area (Å²) >= 11 is 0. The molecule has 0 radical (unpaired) electrons. The van der Waals surface area contributed by atoms with Crippen molar-refractivity contribution in [2.24, 2.45) is 0 Å². The van der Waals surface area contributed by atoms with E-state index in [1.54, 1.807) is 18.2 Å². The first kappa shape index (κ1) is 27.5. The van der Waals surface area contributed by atoms with Crippen molar-refractivity contribution in [1.82, 2.24) is 5.32 Å². The summed E-state index contributed by atoms with van der Waals surface area (Å²) in [5, 5.41) is 13.7. The minimum Gasteiger partial charge on any atom is -0.488 e. The first-order valence-corrected chi connectivity index (χ1v) is 12.2. The Kier molecular flexibility index (Phi) is 14.0. The molecule has 7 nitrogen and oxygen atoms in total. The maximum absolute atomic E-state index is 13.6. The molecule has 0 saturated carbocycles. The van der Waals surface area contributed by atoms with Crippen LogP contribution in [0.2, 0.25) is 0 Å². The van der Waals surface area contributed by atoms with Gasteiger partial charge in [0, 0.05) is 19.1 Å². The molecule has 1 aromatic rings. The Balaban J connectivity index is 1.66. The predicted molar refractivity (Wildman–Crippen MR) is 124 cm³/mol. The van der Waals surface area contributed by atoms with Crippen molar-refractivity contribution < 1.29 is 33.2 Å². The molecule has 1 aliphatic rings. The number of nitrogens with one attached hydrogen (secondary N) is 1. The third kappa shape index (κ3) is 12.3. The molecule has 188 valence electrons. The van der Waals surface area contributed by atoms with Crippen LogP contribution in [0, 0.1) is 5.82 Å². The summed E-state index contributed by atoms with van der Waals surface area (Å²) in [6.07, 6.45) is 8.07. The van der Waals surface area contributed by atoms with E-state index in [2.05, 4.69) is 10.1 Å². The number of hydrogen-bond donors (Lipinski definition) is 2. The zero-order valence-corrected chi connectivity index (χ0v) is 19.8. The van der Waals surface area contributed by atoms with E-state index in [0.717, 1.165) is 58.0 Å². The van der Waals surface area contributed by atoms with E-state index in [-0.39, 0.29) is 30.7 Å². The Morgan fingerprint density at radius 3 is 2.76 bits per heavy atom. The lowest BCUT2D eigenvalue weighted by molar-refractivity contribution is -0.166. The van der Waals surface area contributed by atoms with Crippen LogP contribution < -0.4 is 10.1 Å². The quantitative estimate of drug-likeness (QED) is 0.264. The normalized spacial score (nSPS) is 18.0. The van der Waals surface area contributed by atoms with Crippen molar-refractivity contribution in [2.45, 2.75) is 82.6 Å². The van der Waals surface area contributed by atoms with Gasteiger partial charge in [0.2, 0.25) is 0 Å². The van der Waals surface area contributed by atoms with Gasteiger partial charge in [-0.25, -0.2) is 4.39 Å². The fourth-order valence-corrected chi connectivity index (χ4v) is 3.71. The molecule has 1 fully saturated rings. The molecule has 33 heavy (non-hydrogen) atoms. The van der Waals surface area contributed by atoms with E-state index in [0.29, 0.717) is 26.0 Å². The molecule has 0 spiro atoms. The molecular weight excluding hydrogens is 429 g/mol. The molecule has 3 unspecified atom stereocenters. The number of para-hydroxylation sites is 1. The summed E-state index contributed by atoms with van der Waals surface area (Å²) in [6.45, 7) is 1.94. The van der Waals surface area contributed by atoms with Crippen molar-refractivity contribution in [3.63, 3.8) is 0 Å². The number of aliphatic hydroxyl groups excluding tert-OH is 1. The van der Waals surface area contributed by atoms with Gasteiger partial charge in [0.25, 0.3) is 0 Å². The highest BCUT2D eigenvalue weighted by Crippen LogP contribution is 2.17. The number of aliphatic hydroxyl groups is 1. The van der Waals surface area contributed by atoms with Gasteiger partial charge in [0.05, 0.1) is 19.8 Å². The van der Waals surface area contributed by atoms with E-state index in [1.807, 2.05) is 0 Å². The molecule has 0 aromatic heterocycles. The number of rotatable bonds is 17. The van der Waals surface area contributed by atoms with Crippen molar-refractivity contribution in [3.8, 4) is 5.75 Å². The average molecular weight is 470 g/mol. The van der Waals surface area contributed by atoms with Gasteiger partial charge in [0.1, 0.15) is 6.61 Å². The van der Waals surface area contributed by atoms with Gasteiger partial charge in [-0.3, -0.25) is 4.79 Å². The molecule has 0 bridgehead atoms. The first-order valence-electron chi connectivity index (χ1n) is 12.2. The number of unbranched alkanes of at least 4 members (excludes halogenated alkanes) is 3. The van der Waals surface area contributed by atoms with Crippen LogP contribution in [-0.2, 0) is 19.0 Å². The summed E-state index contributed by atoms with van der Waals surface area (Å²) in [5.74, 6) is -0.444. The van der Waals surface area contributed by atoms with Crippen LogP contribution in [0.5, 0.6) is 5.75 Å². The second-order valence-electron chi connectivity index (χ2n) is 8.49. The summed E-state index contributed by atoms with van der Waals surface area (Å²) in [5.41, 5.74) is 0. The molecule has 2 rings (SSSR count). The molecule has 1 aromatic carbocycles. The second kappa shape index (κ2) is 16.8. The lowest BCUT2D eigenvalue weighted by Crippen LogP contribution is -2.38. The van der Waals surface area contributed by atoms with Crippen LogP contribution in [0.25, 0.3) is 0 Å². The van der Waals surface area contributed by atoms with Gasteiger partial charge in [-0.15, -0.1) is 0 Å². The standard InChI is InChI=1S/C25H40FNO6/c1-30-24(29)13-5-3-2-4-10-20(18-33-25-14-8-9-17-31-25)27-16-15-21(28)19-32-23-12-7-6-11-22(23)26/h6-7,11-12,20-21,25,27-28H,2-5,8-10,13-19H2,1H3. The van der Waals surface area contributed by atoms with Crippen molar-refractivity contribution >= 4 is 5.97 Å². The molecule has 1 aliphatic heterocycles. The lowest BCUT2D eigenvalue weighted by Gasteiger charge is -2.26. The van der Waals surface area contributed by atoms with Gasteiger partial charge < -0.3 is 29.4 Å². The third-order valence-corrected chi connectivity index (χ3v) is 5.71. The highest BCUT2D eigenvalue weighted by atomic mass is 19.1. The lowest BCUT2D eigenvalue weighted by atomic mass is 10.1. The molecule has 0 amide bonds. The molecular formula is C25H40FNO6. The number of methoxy groups -OCH3 is 1. The highest BCUT2D eigenvalue weighted by Gasteiger charge is 2.17. The first-order chi connectivity index (χ1) is 16.1. The van der Waals surface area contributed by atoms with Crippen LogP contribution in [-0.4, -0.2) is 63.0 Å². The van der Waals surface area contributed by atoms with Crippen molar-refractivity contribution in [1.29, 1.82) is 0 Å². The number of carbonyl (C=O) groups excluding carboxylic acids is 1. The minimum atomic E-state index is -0.696. The van der Waals surface area contributed by atoms with Gasteiger partial charge in [-0.1, -0.05) is 31.4 Å². The van der Waals surface area contributed by atoms with Gasteiger partial charge in [-0.05, 0) is 57.2 Å². The maximum Gasteiger partial charge on any atom is 0.305 e. The highest BCUT2D eigenvalue weighted by molar-refractivity contribution is 5.68. The fraction of sp³-hybridized carbons (Fsp3) is 0.720. The monoisotopic (exact) mass is 469 g/mol. The number of esters is 1. The van der Waals surface area contributed by atoms with Gasteiger partial charge >= 0.3 is 5.97 Å². The molecule has 8 heteroatoms. The van der Waals surface area contributed by atoms with Crippen LogP contribution >= 0.6 is 0 Å². The second-order valence-corrected chi connectivity index (χ2v) is 8.49. The van der Waals surface area contributed by atoms with Gasteiger partial charge in [0.15, 0.2) is 17.9 Å². The largest absolute Gasteiger partial charge is 0.488 e. The number of hydrogen-bond acceptors (Lipinski definition) is 7. The van der Waals surface area contributed by atoms with E-state index in [1.165, 1.54) is 13.2 Å². The summed E-state index contributed by atoms with van der Waals surface area (Å²) in [7, 11) is 1.41. The predicted octanol–water partition coefficient (Wildman–Crippen LogP) is 3.97. The third-order valence-electron chi connectivity index (χ3n) is 5.71. The summed E-state index contributed by atoms with van der Waals surface area (Å²) < 4.78 is 35.3. The van der Waals surface area contributed by atoms with E-state index in [4.69, 9.17) is 14.2 Å². The summed E-state index contributed by atoms with van der Waals surface area (Å²) in [6, 6.07) is 6.33. The van der Waals surface area contributed by atoms with Crippen LogP contribution in [0.4, 0.5) is 4.39 Å². The fourth-order valence-electron chi connectivity index (χ4n) is 3.71. The molecule has 0 aliphatic carbocycles. The zero-order valence-electron chi connectivity index (χ0n) is 19.8. The Hall–Kier alpha value is -1.74. The summed E-state index contributed by atoms with van der Waals surface area (Å²) in [4.78, 5) is 11.2. The van der Waals surface area contributed by atoms with Crippen LogP contribution in [0.1, 0.15) is 64.2 Å².